The Bertz CT molecular complexity index is 992. The Balaban J connectivity index is 2.48. The Hall–Kier alpha value is -3.17. The summed E-state index contributed by atoms with van der Waals surface area (Å²) in [6.45, 7) is 2.82. The van der Waals surface area contributed by atoms with Gasteiger partial charge in [-0.15, -0.1) is 0 Å². The monoisotopic (exact) mass is 378 g/mol. The second kappa shape index (κ2) is 8.47. The molecule has 146 valence electrons. The summed E-state index contributed by atoms with van der Waals surface area (Å²) in [5.74, 6) is -0.952. The number of nitrogens with one attached hydrogen (secondary N) is 1. The topological polar surface area (TPSA) is 122 Å². The predicted molar refractivity (Wildman–Crippen MR) is 96.8 cm³/mol. The first-order valence-electron chi connectivity index (χ1n) is 8.43. The van der Waals surface area contributed by atoms with E-state index in [1.165, 1.54) is 18.7 Å². The number of pyridine rings is 1. The molecule has 10 nitrogen and oxygen atoms in total. The molecule has 0 fully saturated rings. The van der Waals surface area contributed by atoms with Crippen LogP contribution in [0.5, 0.6) is 5.75 Å². The molecule has 1 N–H and O–H groups in total. The fraction of sp³-hybridized carbons (Fsp3) is 0.471. The first-order chi connectivity index (χ1) is 12.8. The molecule has 1 amide bonds. The van der Waals surface area contributed by atoms with Crippen LogP contribution in [0.4, 0.5) is 0 Å². The number of carbonyl (C=O) groups excluding carboxylic acids is 2. The van der Waals surface area contributed by atoms with Gasteiger partial charge in [0.05, 0.1) is 13.7 Å². The van der Waals surface area contributed by atoms with Crippen LogP contribution in [0.2, 0.25) is 0 Å². The number of esters is 1. The maximum absolute atomic E-state index is 12.9. The van der Waals surface area contributed by atoms with Crippen LogP contribution in [0.25, 0.3) is 11.0 Å². The fourth-order valence-electron chi connectivity index (χ4n) is 2.67. The van der Waals surface area contributed by atoms with Gasteiger partial charge in [-0.1, -0.05) is 6.92 Å². The van der Waals surface area contributed by atoms with Crippen LogP contribution in [0.1, 0.15) is 19.4 Å². The highest BCUT2D eigenvalue weighted by Gasteiger charge is 2.20. The molecule has 0 aromatic carbocycles. The third-order valence-corrected chi connectivity index (χ3v) is 4.00. The Morgan fingerprint density at radius 2 is 1.96 bits per heavy atom. The molecule has 27 heavy (non-hydrogen) atoms. The van der Waals surface area contributed by atoms with Crippen molar-refractivity contribution >= 4 is 22.9 Å². The van der Waals surface area contributed by atoms with Crippen LogP contribution in [-0.2, 0) is 34.3 Å². The summed E-state index contributed by atoms with van der Waals surface area (Å²) in [5, 5.41) is 2.44. The Morgan fingerprint density at radius 1 is 1.26 bits per heavy atom. The van der Waals surface area contributed by atoms with Gasteiger partial charge in [0.1, 0.15) is 24.2 Å². The lowest BCUT2D eigenvalue weighted by Gasteiger charge is -2.14. The van der Waals surface area contributed by atoms with Crippen molar-refractivity contribution < 1.29 is 19.1 Å². The van der Waals surface area contributed by atoms with Gasteiger partial charge in [0.25, 0.3) is 5.56 Å². The standard InChI is InChI=1S/C17H22N4O6/c1-5-10-7-19-15-13(14(10)26-4)16(24)21(17(25)20(15)3)9-11(22)18-8-12(23)27-6-2/h7H,5-6,8-9H2,1-4H3,(H,18,22). The molecule has 0 spiro atoms. The number of fused-ring (bicyclic) bond motifs is 1. The zero-order chi connectivity index (χ0) is 20.1. The van der Waals surface area contributed by atoms with E-state index in [4.69, 9.17) is 9.47 Å². The lowest BCUT2D eigenvalue weighted by molar-refractivity contribution is -0.143. The molecular formula is C17H22N4O6. The van der Waals surface area contributed by atoms with Crippen molar-refractivity contribution in [2.24, 2.45) is 7.05 Å². The molecule has 0 atom stereocenters. The first-order valence-corrected chi connectivity index (χ1v) is 8.43. The number of aromatic nitrogens is 3. The van der Waals surface area contributed by atoms with E-state index in [1.807, 2.05) is 6.92 Å². The first kappa shape index (κ1) is 20.1. The smallest absolute Gasteiger partial charge is 0.332 e. The SMILES string of the molecule is CCOC(=O)CNC(=O)Cn1c(=O)c2c(OC)c(CC)cnc2n(C)c1=O. The third kappa shape index (κ3) is 3.99. The van der Waals surface area contributed by atoms with Crippen LogP contribution in [0.3, 0.4) is 0 Å². The van der Waals surface area contributed by atoms with Gasteiger partial charge in [-0.05, 0) is 13.3 Å². The number of carbonyl (C=O) groups is 2. The highest BCUT2D eigenvalue weighted by atomic mass is 16.5. The summed E-state index contributed by atoms with van der Waals surface area (Å²) >= 11 is 0. The average Bonchev–Trinajstić information content (AvgIpc) is 2.66. The minimum atomic E-state index is -0.697. The molecule has 0 unspecified atom stereocenters. The zero-order valence-electron chi connectivity index (χ0n) is 15.7. The number of ether oxygens (including phenoxy) is 2. The van der Waals surface area contributed by atoms with E-state index in [0.717, 1.165) is 4.57 Å². The van der Waals surface area contributed by atoms with Crippen molar-refractivity contribution in [1.82, 2.24) is 19.4 Å². The van der Waals surface area contributed by atoms with Gasteiger partial charge in [0.2, 0.25) is 5.91 Å². The minimum absolute atomic E-state index is 0.122. The normalized spacial score (nSPS) is 10.7. The molecule has 2 rings (SSSR count). The van der Waals surface area contributed by atoms with Crippen LogP contribution >= 0.6 is 0 Å². The average molecular weight is 378 g/mol. The van der Waals surface area contributed by atoms with Crippen molar-refractivity contribution in [2.75, 3.05) is 20.3 Å². The summed E-state index contributed by atoms with van der Waals surface area (Å²) in [5.41, 5.74) is -0.502. The maximum Gasteiger partial charge on any atom is 0.332 e. The Kier molecular flexibility index (Phi) is 6.32. The number of hydrogen-bond donors (Lipinski definition) is 1. The van der Waals surface area contributed by atoms with Gasteiger partial charge in [-0.25, -0.2) is 14.3 Å². The van der Waals surface area contributed by atoms with E-state index in [-0.39, 0.29) is 24.2 Å². The quantitative estimate of drug-likeness (QED) is 0.635. The van der Waals surface area contributed by atoms with E-state index in [1.54, 1.807) is 13.1 Å². The minimum Gasteiger partial charge on any atom is -0.495 e. The van der Waals surface area contributed by atoms with Crippen LogP contribution in [0.15, 0.2) is 15.8 Å². The summed E-state index contributed by atoms with van der Waals surface area (Å²) in [6, 6.07) is 0. The summed E-state index contributed by atoms with van der Waals surface area (Å²) in [6.07, 6.45) is 2.13. The van der Waals surface area contributed by atoms with Gasteiger partial charge in [-0.2, -0.15) is 0 Å². The number of rotatable bonds is 7. The molecule has 0 aliphatic heterocycles. The second-order valence-electron chi connectivity index (χ2n) is 5.68. The maximum atomic E-state index is 12.9. The highest BCUT2D eigenvalue weighted by molar-refractivity contribution is 5.84. The van der Waals surface area contributed by atoms with Crippen LogP contribution in [-0.4, -0.2) is 46.3 Å². The van der Waals surface area contributed by atoms with E-state index in [9.17, 15) is 19.2 Å². The van der Waals surface area contributed by atoms with Gasteiger partial charge in [0, 0.05) is 18.8 Å². The van der Waals surface area contributed by atoms with Crippen LogP contribution < -0.4 is 21.3 Å². The van der Waals surface area contributed by atoms with Gasteiger partial charge in [0.15, 0.2) is 5.65 Å². The number of nitrogens with zero attached hydrogens (tertiary/aromatic N) is 3. The van der Waals surface area contributed by atoms with E-state index >= 15 is 0 Å². The summed E-state index contributed by atoms with van der Waals surface area (Å²) < 4.78 is 12.0. The van der Waals surface area contributed by atoms with E-state index in [0.29, 0.717) is 17.7 Å². The summed E-state index contributed by atoms with van der Waals surface area (Å²) in [4.78, 5) is 53.0. The highest BCUT2D eigenvalue weighted by Crippen LogP contribution is 2.24. The molecule has 0 saturated heterocycles. The molecule has 0 radical (unpaired) electrons. The lowest BCUT2D eigenvalue weighted by Crippen LogP contribution is -2.44. The third-order valence-electron chi connectivity index (χ3n) is 4.00. The fourth-order valence-corrected chi connectivity index (χ4v) is 2.67. The number of aryl methyl sites for hydroxylation is 2. The number of hydrogen-bond acceptors (Lipinski definition) is 7. The second-order valence-corrected chi connectivity index (χ2v) is 5.68. The predicted octanol–water partition coefficient (Wildman–Crippen LogP) is -0.654. The zero-order valence-corrected chi connectivity index (χ0v) is 15.7. The Labute approximate surface area is 154 Å². The number of amides is 1. The largest absolute Gasteiger partial charge is 0.495 e. The van der Waals surface area contributed by atoms with Crippen molar-refractivity contribution in [3.8, 4) is 5.75 Å². The number of methoxy groups -OCH3 is 1. The van der Waals surface area contributed by atoms with Crippen molar-refractivity contribution in [3.63, 3.8) is 0 Å². The summed E-state index contributed by atoms with van der Waals surface area (Å²) in [7, 11) is 2.88. The van der Waals surface area contributed by atoms with Crippen molar-refractivity contribution in [1.29, 1.82) is 0 Å². The van der Waals surface area contributed by atoms with Crippen molar-refractivity contribution in [2.45, 2.75) is 26.8 Å². The molecule has 0 bridgehead atoms. The van der Waals surface area contributed by atoms with E-state index < -0.39 is 29.7 Å². The van der Waals surface area contributed by atoms with Gasteiger partial charge < -0.3 is 14.8 Å². The van der Waals surface area contributed by atoms with Gasteiger partial charge in [-0.3, -0.25) is 19.0 Å². The van der Waals surface area contributed by atoms with Crippen molar-refractivity contribution in [3.05, 3.63) is 32.6 Å². The van der Waals surface area contributed by atoms with E-state index in [2.05, 4.69) is 10.3 Å². The molecule has 2 aromatic rings. The molecule has 2 heterocycles. The van der Waals surface area contributed by atoms with Crippen LogP contribution in [0, 0.1) is 0 Å². The molecule has 2 aromatic heterocycles. The Morgan fingerprint density at radius 3 is 2.56 bits per heavy atom. The molecule has 0 aliphatic rings. The lowest BCUT2D eigenvalue weighted by atomic mass is 10.1. The molecule has 0 aliphatic carbocycles. The molecule has 0 saturated carbocycles. The molecule has 10 heteroatoms. The molecular weight excluding hydrogens is 356 g/mol. The van der Waals surface area contributed by atoms with Gasteiger partial charge >= 0.3 is 11.7 Å².